The van der Waals surface area contributed by atoms with Crippen LogP contribution in [0.4, 0.5) is 4.39 Å². The maximum absolute atomic E-state index is 13.8. The molecule has 1 fully saturated rings. The van der Waals surface area contributed by atoms with Crippen LogP contribution in [0.1, 0.15) is 16.8 Å². The van der Waals surface area contributed by atoms with Crippen LogP contribution in [0.3, 0.4) is 0 Å². The van der Waals surface area contributed by atoms with E-state index in [1.54, 1.807) is 24.3 Å². The summed E-state index contributed by atoms with van der Waals surface area (Å²) in [6.07, 6.45) is 0.939. The lowest BCUT2D eigenvalue weighted by Gasteiger charge is -2.17. The number of carbonyl (C=O) groups excluding carboxylic acids is 1. The highest BCUT2D eigenvalue weighted by atomic mass is 35.5. The Morgan fingerprint density at radius 2 is 2.00 bits per heavy atom. The van der Waals surface area contributed by atoms with Gasteiger partial charge in [0.1, 0.15) is 5.82 Å². The molecule has 0 radical (unpaired) electrons. The average Bonchev–Trinajstić information content (AvgIpc) is 2.96. The molecule has 3 rings (SSSR count). The first kappa shape index (κ1) is 13.4. The molecule has 2 aromatic carbocycles. The quantitative estimate of drug-likeness (QED) is 0.773. The van der Waals surface area contributed by atoms with E-state index in [1.165, 1.54) is 6.07 Å². The predicted molar refractivity (Wildman–Crippen MR) is 78.6 cm³/mol. The molecule has 1 saturated heterocycles. The smallest absolute Gasteiger partial charge is 0.254 e. The molecule has 2 aromatic rings. The van der Waals surface area contributed by atoms with Crippen LogP contribution in [0.15, 0.2) is 36.4 Å². The second-order valence-electron chi connectivity index (χ2n) is 5.20. The van der Waals surface area contributed by atoms with Gasteiger partial charge in [0.15, 0.2) is 0 Å². The van der Waals surface area contributed by atoms with E-state index < -0.39 is 0 Å². The van der Waals surface area contributed by atoms with E-state index >= 15 is 0 Å². The van der Waals surface area contributed by atoms with E-state index in [1.807, 2.05) is 11.0 Å². The zero-order valence-corrected chi connectivity index (χ0v) is 11.7. The van der Waals surface area contributed by atoms with Gasteiger partial charge in [-0.1, -0.05) is 24.3 Å². The third kappa shape index (κ3) is 2.27. The second-order valence-corrected chi connectivity index (χ2v) is 5.51. The minimum Gasteiger partial charge on any atom is -0.338 e. The number of nitrogens with zero attached hydrogens (tertiary/aromatic N) is 1. The first-order valence-electron chi connectivity index (χ1n) is 6.73. The average molecular weight is 292 g/mol. The Kier molecular flexibility index (Phi) is 3.62. The van der Waals surface area contributed by atoms with Crippen molar-refractivity contribution in [2.75, 3.05) is 19.0 Å². The highest BCUT2D eigenvalue weighted by molar-refractivity contribution is 6.18. The minimum atomic E-state index is -0.294. The Hall–Kier alpha value is -1.61. The molecule has 0 aliphatic carbocycles. The number of alkyl halides is 1. The number of benzene rings is 2. The third-order valence-corrected chi connectivity index (χ3v) is 4.33. The van der Waals surface area contributed by atoms with Gasteiger partial charge in [-0.25, -0.2) is 4.39 Å². The molecule has 0 aromatic heterocycles. The number of carbonyl (C=O) groups is 1. The first-order chi connectivity index (χ1) is 9.70. The van der Waals surface area contributed by atoms with Gasteiger partial charge >= 0.3 is 0 Å². The van der Waals surface area contributed by atoms with E-state index in [2.05, 4.69) is 0 Å². The molecule has 1 unspecified atom stereocenters. The van der Waals surface area contributed by atoms with E-state index in [9.17, 15) is 9.18 Å². The Morgan fingerprint density at radius 3 is 2.70 bits per heavy atom. The molecule has 1 aliphatic heterocycles. The van der Waals surface area contributed by atoms with Gasteiger partial charge < -0.3 is 4.90 Å². The summed E-state index contributed by atoms with van der Waals surface area (Å²) in [5.41, 5.74) is 0.567. The molecule has 1 heterocycles. The zero-order chi connectivity index (χ0) is 14.1. The summed E-state index contributed by atoms with van der Waals surface area (Å²) in [6, 6.07) is 10.0. The summed E-state index contributed by atoms with van der Waals surface area (Å²) >= 11 is 5.85. The molecule has 0 N–H and O–H groups in total. The van der Waals surface area contributed by atoms with Crippen LogP contribution in [0.25, 0.3) is 10.8 Å². The number of hydrogen-bond donors (Lipinski definition) is 0. The van der Waals surface area contributed by atoms with Crippen LogP contribution in [-0.4, -0.2) is 29.8 Å². The van der Waals surface area contributed by atoms with Crippen LogP contribution in [0.5, 0.6) is 0 Å². The standard InChI is InChI=1S/C16H15ClFNO/c17-9-11-7-8-19(10-11)16(20)14-5-6-15(18)13-4-2-1-3-12(13)14/h1-6,11H,7-10H2. The van der Waals surface area contributed by atoms with Crippen LogP contribution in [-0.2, 0) is 0 Å². The van der Waals surface area contributed by atoms with E-state index in [0.717, 1.165) is 13.0 Å². The van der Waals surface area contributed by atoms with E-state index in [4.69, 9.17) is 11.6 Å². The van der Waals surface area contributed by atoms with Crippen molar-refractivity contribution in [1.29, 1.82) is 0 Å². The number of rotatable bonds is 2. The Bertz CT molecular complexity index is 658. The number of fused-ring (bicyclic) bond motifs is 1. The van der Waals surface area contributed by atoms with Crippen LogP contribution < -0.4 is 0 Å². The predicted octanol–water partition coefficient (Wildman–Crippen LogP) is 3.68. The number of hydrogen-bond acceptors (Lipinski definition) is 1. The van der Waals surface area contributed by atoms with Crippen molar-refractivity contribution >= 4 is 28.3 Å². The fraction of sp³-hybridized carbons (Fsp3) is 0.312. The third-order valence-electron chi connectivity index (χ3n) is 3.89. The summed E-state index contributed by atoms with van der Waals surface area (Å²) in [5, 5.41) is 1.17. The summed E-state index contributed by atoms with van der Waals surface area (Å²) < 4.78 is 13.8. The SMILES string of the molecule is O=C(c1ccc(F)c2ccccc12)N1CCC(CCl)C1. The van der Waals surface area contributed by atoms with Crippen molar-refractivity contribution < 1.29 is 9.18 Å². The van der Waals surface area contributed by atoms with Gasteiger partial charge in [0.25, 0.3) is 5.91 Å². The van der Waals surface area contributed by atoms with E-state index in [0.29, 0.717) is 34.7 Å². The topological polar surface area (TPSA) is 20.3 Å². The van der Waals surface area contributed by atoms with Gasteiger partial charge in [0, 0.05) is 29.9 Å². The summed E-state index contributed by atoms with van der Waals surface area (Å²) in [4.78, 5) is 14.4. The van der Waals surface area contributed by atoms with Crippen molar-refractivity contribution in [1.82, 2.24) is 4.90 Å². The highest BCUT2D eigenvalue weighted by Crippen LogP contribution is 2.25. The normalized spacial score (nSPS) is 18.7. The van der Waals surface area contributed by atoms with Gasteiger partial charge in [-0.05, 0) is 29.9 Å². The number of likely N-dealkylation sites (tertiary alicyclic amines) is 1. The van der Waals surface area contributed by atoms with Gasteiger partial charge in [-0.15, -0.1) is 11.6 Å². The number of amides is 1. The molecule has 1 amide bonds. The van der Waals surface area contributed by atoms with E-state index in [-0.39, 0.29) is 11.7 Å². The minimum absolute atomic E-state index is 0.0335. The van der Waals surface area contributed by atoms with Gasteiger partial charge in [-0.2, -0.15) is 0 Å². The highest BCUT2D eigenvalue weighted by Gasteiger charge is 2.27. The molecule has 1 atom stereocenters. The lowest BCUT2D eigenvalue weighted by atomic mass is 10.0. The van der Waals surface area contributed by atoms with Gasteiger partial charge in [-0.3, -0.25) is 4.79 Å². The summed E-state index contributed by atoms with van der Waals surface area (Å²) in [5.74, 6) is 0.617. The van der Waals surface area contributed by atoms with Crippen molar-refractivity contribution in [3.63, 3.8) is 0 Å². The van der Waals surface area contributed by atoms with Crippen LogP contribution >= 0.6 is 11.6 Å². The van der Waals surface area contributed by atoms with Crippen molar-refractivity contribution in [3.05, 3.63) is 47.8 Å². The molecule has 1 aliphatic rings. The molecule has 2 nitrogen and oxygen atoms in total. The van der Waals surface area contributed by atoms with Crippen LogP contribution in [0, 0.1) is 11.7 Å². The maximum atomic E-state index is 13.8. The fourth-order valence-corrected chi connectivity index (χ4v) is 3.01. The fourth-order valence-electron chi connectivity index (χ4n) is 2.76. The summed E-state index contributed by atoms with van der Waals surface area (Å²) in [6.45, 7) is 1.41. The first-order valence-corrected chi connectivity index (χ1v) is 7.26. The lowest BCUT2D eigenvalue weighted by Crippen LogP contribution is -2.29. The van der Waals surface area contributed by atoms with Gasteiger partial charge in [0.05, 0.1) is 0 Å². The zero-order valence-electron chi connectivity index (χ0n) is 11.0. The Balaban J connectivity index is 1.98. The Labute approximate surface area is 122 Å². The molecule has 4 heteroatoms. The monoisotopic (exact) mass is 291 g/mol. The van der Waals surface area contributed by atoms with Crippen LogP contribution in [0.2, 0.25) is 0 Å². The molecule has 20 heavy (non-hydrogen) atoms. The molecule has 0 saturated carbocycles. The molecule has 104 valence electrons. The van der Waals surface area contributed by atoms with Crippen molar-refractivity contribution in [2.45, 2.75) is 6.42 Å². The lowest BCUT2D eigenvalue weighted by molar-refractivity contribution is 0.0790. The second kappa shape index (κ2) is 5.41. The molecular weight excluding hydrogens is 277 g/mol. The van der Waals surface area contributed by atoms with Crippen molar-refractivity contribution in [2.24, 2.45) is 5.92 Å². The maximum Gasteiger partial charge on any atom is 0.254 e. The summed E-state index contributed by atoms with van der Waals surface area (Å²) in [7, 11) is 0. The molecule has 0 bridgehead atoms. The van der Waals surface area contributed by atoms with Crippen molar-refractivity contribution in [3.8, 4) is 0 Å². The Morgan fingerprint density at radius 1 is 1.25 bits per heavy atom. The van der Waals surface area contributed by atoms with Gasteiger partial charge in [0.2, 0.25) is 0 Å². The molecule has 0 spiro atoms. The number of halogens is 2. The molecular formula is C16H15ClFNO. The largest absolute Gasteiger partial charge is 0.338 e.